The Balaban J connectivity index is 2.05. The van der Waals surface area contributed by atoms with E-state index in [1.165, 1.54) is 16.7 Å². The topological polar surface area (TPSA) is 104 Å². The summed E-state index contributed by atoms with van der Waals surface area (Å²) in [4.78, 5) is 10.6. The van der Waals surface area contributed by atoms with E-state index in [4.69, 9.17) is 5.11 Å². The highest BCUT2D eigenvalue weighted by atomic mass is 32.2. The third-order valence-corrected chi connectivity index (χ3v) is 5.66. The summed E-state index contributed by atoms with van der Waals surface area (Å²) in [6, 6.07) is 2.79. The molecule has 2 aromatic rings. The van der Waals surface area contributed by atoms with Gasteiger partial charge in [-0.2, -0.15) is 11.3 Å². The van der Waals surface area contributed by atoms with Crippen molar-refractivity contribution in [3.8, 4) is 0 Å². The van der Waals surface area contributed by atoms with Crippen molar-refractivity contribution in [2.45, 2.75) is 11.0 Å². The van der Waals surface area contributed by atoms with Gasteiger partial charge in [-0.1, -0.05) is 0 Å². The summed E-state index contributed by atoms with van der Waals surface area (Å²) < 4.78 is 26.1. The molecule has 0 aliphatic carbocycles. The third kappa shape index (κ3) is 3.44. The van der Waals surface area contributed by atoms with Gasteiger partial charge < -0.3 is 10.2 Å². The quantitative estimate of drug-likeness (QED) is 0.743. The van der Waals surface area contributed by atoms with Crippen LogP contribution in [-0.2, 0) is 10.0 Å². The maximum absolute atomic E-state index is 11.9. The van der Waals surface area contributed by atoms with Crippen molar-refractivity contribution >= 4 is 38.7 Å². The van der Waals surface area contributed by atoms with Crippen molar-refractivity contribution < 1.29 is 23.4 Å². The van der Waals surface area contributed by atoms with Crippen LogP contribution in [0.15, 0.2) is 33.2 Å². The van der Waals surface area contributed by atoms with Crippen molar-refractivity contribution in [2.75, 3.05) is 6.54 Å². The molecular formula is C11H11NO5S3. The number of carbonyl (C=O) groups is 1. The number of carboxylic acids is 1. The van der Waals surface area contributed by atoms with Crippen molar-refractivity contribution in [1.29, 1.82) is 0 Å². The summed E-state index contributed by atoms with van der Waals surface area (Å²) >= 11 is 2.24. The van der Waals surface area contributed by atoms with Crippen LogP contribution in [0.4, 0.5) is 0 Å². The first-order valence-corrected chi connectivity index (χ1v) is 8.72. The normalized spacial score (nSPS) is 13.2. The van der Waals surface area contributed by atoms with E-state index in [0.717, 1.165) is 17.4 Å². The molecule has 9 heteroatoms. The van der Waals surface area contributed by atoms with Gasteiger partial charge >= 0.3 is 5.97 Å². The van der Waals surface area contributed by atoms with Gasteiger partial charge in [0.25, 0.3) is 0 Å². The number of hydrogen-bond donors (Lipinski definition) is 3. The second kappa shape index (κ2) is 6.02. The number of rotatable bonds is 6. The van der Waals surface area contributed by atoms with Gasteiger partial charge in [0, 0.05) is 11.9 Å². The van der Waals surface area contributed by atoms with E-state index in [-0.39, 0.29) is 16.3 Å². The largest absolute Gasteiger partial charge is 0.477 e. The molecule has 0 aliphatic rings. The lowest BCUT2D eigenvalue weighted by molar-refractivity contribution is 0.0702. The molecule has 1 atom stereocenters. The van der Waals surface area contributed by atoms with E-state index in [1.54, 1.807) is 16.8 Å². The minimum atomic E-state index is -3.82. The van der Waals surface area contributed by atoms with Crippen LogP contribution in [0.1, 0.15) is 21.3 Å². The summed E-state index contributed by atoms with van der Waals surface area (Å²) in [6.45, 7) is -0.169. The lowest BCUT2D eigenvalue weighted by Crippen LogP contribution is -2.28. The highest BCUT2D eigenvalue weighted by Crippen LogP contribution is 2.20. The molecule has 2 aromatic heterocycles. The fourth-order valence-corrected chi connectivity index (χ4v) is 4.28. The molecule has 0 saturated heterocycles. The maximum Gasteiger partial charge on any atom is 0.345 e. The summed E-state index contributed by atoms with van der Waals surface area (Å²) in [5.74, 6) is -1.17. The number of sulfonamides is 1. The zero-order chi connectivity index (χ0) is 14.8. The first kappa shape index (κ1) is 15.1. The van der Waals surface area contributed by atoms with E-state index in [1.807, 2.05) is 0 Å². The van der Waals surface area contributed by atoms with Gasteiger partial charge in [0.15, 0.2) is 0 Å². The Labute approximate surface area is 123 Å². The van der Waals surface area contributed by atoms with Crippen LogP contribution >= 0.6 is 22.7 Å². The molecular weight excluding hydrogens is 322 g/mol. The van der Waals surface area contributed by atoms with E-state index < -0.39 is 22.1 Å². The number of nitrogens with one attached hydrogen (secondary N) is 1. The summed E-state index contributed by atoms with van der Waals surface area (Å²) in [5, 5.41) is 23.3. The lowest BCUT2D eigenvalue weighted by Gasteiger charge is -2.10. The number of aliphatic hydroxyl groups excluding tert-OH is 1. The Hall–Kier alpha value is -1.26. The molecule has 0 aliphatic heterocycles. The average molecular weight is 333 g/mol. The Bertz CT molecular complexity index is 689. The van der Waals surface area contributed by atoms with E-state index in [9.17, 15) is 18.3 Å². The van der Waals surface area contributed by atoms with Crippen molar-refractivity contribution in [3.63, 3.8) is 0 Å². The van der Waals surface area contributed by atoms with E-state index >= 15 is 0 Å². The molecule has 0 fully saturated rings. The van der Waals surface area contributed by atoms with Crippen LogP contribution in [-0.4, -0.2) is 31.1 Å². The summed E-state index contributed by atoms with van der Waals surface area (Å²) in [7, 11) is -3.82. The van der Waals surface area contributed by atoms with E-state index in [0.29, 0.717) is 5.56 Å². The van der Waals surface area contributed by atoms with Crippen molar-refractivity contribution in [1.82, 2.24) is 4.72 Å². The molecule has 0 radical (unpaired) electrons. The Morgan fingerprint density at radius 3 is 2.70 bits per heavy atom. The second-order valence-corrected chi connectivity index (χ2v) is 7.33. The van der Waals surface area contributed by atoms with E-state index in [2.05, 4.69) is 4.72 Å². The number of thiophene rings is 2. The molecule has 0 bridgehead atoms. The molecule has 3 N–H and O–H groups in total. The Morgan fingerprint density at radius 2 is 2.15 bits per heavy atom. The fraction of sp³-hybridized carbons (Fsp3) is 0.182. The molecule has 2 heterocycles. The number of carboxylic acid groups (broad SMARTS) is 1. The zero-order valence-electron chi connectivity index (χ0n) is 10.0. The van der Waals surface area contributed by atoms with Crippen LogP contribution in [0, 0.1) is 0 Å². The maximum atomic E-state index is 11.9. The second-order valence-electron chi connectivity index (χ2n) is 3.88. The predicted molar refractivity (Wildman–Crippen MR) is 75.7 cm³/mol. The predicted octanol–water partition coefficient (Wildman–Crippen LogP) is 1.52. The molecule has 1 unspecified atom stereocenters. The van der Waals surface area contributed by atoms with Crippen LogP contribution < -0.4 is 4.72 Å². The first-order chi connectivity index (χ1) is 9.40. The van der Waals surface area contributed by atoms with Crippen LogP contribution in [0.3, 0.4) is 0 Å². The minimum Gasteiger partial charge on any atom is -0.477 e. The molecule has 0 aromatic carbocycles. The van der Waals surface area contributed by atoms with Crippen LogP contribution in [0.25, 0.3) is 0 Å². The Morgan fingerprint density at radius 1 is 1.40 bits per heavy atom. The fourth-order valence-electron chi connectivity index (χ4n) is 1.43. The highest BCUT2D eigenvalue weighted by Gasteiger charge is 2.20. The summed E-state index contributed by atoms with van der Waals surface area (Å²) in [5.41, 5.74) is 0.634. The molecule has 0 saturated carbocycles. The monoisotopic (exact) mass is 333 g/mol. The standard InChI is InChI=1S/C11H11NO5S3/c13-9(7-1-2-18-5-7)4-12-20(16,17)8-3-10(11(14)15)19-6-8/h1-3,5-6,9,12-13H,4H2,(H,14,15). The van der Waals surface area contributed by atoms with Gasteiger partial charge in [0.1, 0.15) is 4.88 Å². The number of aliphatic hydroxyl groups is 1. The number of hydrogen-bond acceptors (Lipinski definition) is 6. The molecule has 0 amide bonds. The van der Waals surface area contributed by atoms with Crippen LogP contribution in [0.5, 0.6) is 0 Å². The Kier molecular flexibility index (Phi) is 4.55. The third-order valence-electron chi connectivity index (χ3n) is 2.49. The van der Waals surface area contributed by atoms with Crippen molar-refractivity contribution in [2.24, 2.45) is 0 Å². The van der Waals surface area contributed by atoms with Crippen molar-refractivity contribution in [3.05, 3.63) is 38.7 Å². The first-order valence-electron chi connectivity index (χ1n) is 5.42. The average Bonchev–Trinajstić information content (AvgIpc) is 3.06. The lowest BCUT2D eigenvalue weighted by atomic mass is 10.2. The van der Waals surface area contributed by atoms with Gasteiger partial charge in [0.05, 0.1) is 11.0 Å². The van der Waals surface area contributed by atoms with Gasteiger partial charge in [-0.3, -0.25) is 0 Å². The summed E-state index contributed by atoms with van der Waals surface area (Å²) in [6.07, 6.45) is -0.936. The number of aromatic carboxylic acids is 1. The van der Waals surface area contributed by atoms with Gasteiger partial charge in [-0.15, -0.1) is 11.3 Å². The minimum absolute atomic E-state index is 0.0521. The molecule has 2 rings (SSSR count). The molecule has 20 heavy (non-hydrogen) atoms. The van der Waals surface area contributed by atoms with Crippen LogP contribution in [0.2, 0.25) is 0 Å². The molecule has 6 nitrogen and oxygen atoms in total. The molecule has 108 valence electrons. The smallest absolute Gasteiger partial charge is 0.345 e. The SMILES string of the molecule is O=C(O)c1cc(S(=O)(=O)NCC(O)c2ccsc2)cs1. The van der Waals surface area contributed by atoms with Gasteiger partial charge in [0.2, 0.25) is 10.0 Å². The van der Waals surface area contributed by atoms with Gasteiger partial charge in [-0.05, 0) is 28.5 Å². The van der Waals surface area contributed by atoms with Gasteiger partial charge in [-0.25, -0.2) is 17.9 Å². The highest BCUT2D eigenvalue weighted by molar-refractivity contribution is 7.89. The molecule has 0 spiro atoms. The zero-order valence-corrected chi connectivity index (χ0v) is 12.5.